The monoisotopic (exact) mass is 517 g/mol. The molecular weight excluding hydrogens is 498 g/mol. The molecule has 0 spiro atoms. The van der Waals surface area contributed by atoms with E-state index in [-0.39, 0.29) is 11.3 Å². The number of thioether (sulfide) groups is 1. The van der Waals surface area contributed by atoms with Gasteiger partial charge in [0.1, 0.15) is 5.75 Å². The summed E-state index contributed by atoms with van der Waals surface area (Å²) in [5, 5.41) is 6.62. The summed E-state index contributed by atoms with van der Waals surface area (Å²) in [6, 6.07) is 26.0. The summed E-state index contributed by atoms with van der Waals surface area (Å²) in [6.45, 7) is 0. The summed E-state index contributed by atoms with van der Waals surface area (Å²) in [5.74, 6) is 1.38. The first-order valence-electron chi connectivity index (χ1n) is 10.4. The molecule has 33 heavy (non-hydrogen) atoms. The predicted octanol–water partition coefficient (Wildman–Crippen LogP) is 6.92. The van der Waals surface area contributed by atoms with Crippen LogP contribution in [0.25, 0.3) is 6.08 Å². The molecular formula is C26H20BrN3O2S. The van der Waals surface area contributed by atoms with E-state index in [1.54, 1.807) is 7.11 Å². The van der Waals surface area contributed by atoms with E-state index in [0.29, 0.717) is 12.3 Å². The molecule has 0 unspecified atom stereocenters. The first-order chi connectivity index (χ1) is 16.1. The third-order valence-corrected chi connectivity index (χ3v) is 6.83. The molecule has 0 aliphatic carbocycles. The summed E-state index contributed by atoms with van der Waals surface area (Å²) in [6.07, 6.45) is 2.70. The molecule has 3 aromatic rings. The Morgan fingerprint density at radius 3 is 2.45 bits per heavy atom. The van der Waals surface area contributed by atoms with Crippen LogP contribution >= 0.6 is 27.7 Å². The molecule has 0 bridgehead atoms. The SMILES string of the molecule is COc1ccc([C@H]2CC(c3ccccc3)=NN2C2=NC(=O)S/C2=C\c2ccc(Br)cc2)cc1. The molecule has 7 heteroatoms. The maximum atomic E-state index is 12.4. The van der Waals surface area contributed by atoms with Crippen molar-refractivity contribution in [3.05, 3.63) is 105 Å². The van der Waals surface area contributed by atoms with Crippen molar-refractivity contribution >= 4 is 50.6 Å². The fourth-order valence-corrected chi connectivity index (χ4v) is 4.88. The fourth-order valence-electron chi connectivity index (χ4n) is 3.87. The van der Waals surface area contributed by atoms with Crippen molar-refractivity contribution in [3.63, 3.8) is 0 Å². The van der Waals surface area contributed by atoms with Gasteiger partial charge < -0.3 is 4.74 Å². The van der Waals surface area contributed by atoms with Crippen molar-refractivity contribution in [3.8, 4) is 5.75 Å². The van der Waals surface area contributed by atoms with E-state index in [1.165, 1.54) is 0 Å². The minimum Gasteiger partial charge on any atom is -0.497 e. The molecule has 1 amide bonds. The highest BCUT2D eigenvalue weighted by Gasteiger charge is 2.36. The highest BCUT2D eigenvalue weighted by atomic mass is 79.9. The average Bonchev–Trinajstić information content (AvgIpc) is 3.44. The van der Waals surface area contributed by atoms with Gasteiger partial charge in [0, 0.05) is 10.9 Å². The highest BCUT2D eigenvalue weighted by molar-refractivity contribution is 9.10. The number of carbonyl (C=O) groups is 1. The van der Waals surface area contributed by atoms with Gasteiger partial charge in [-0.1, -0.05) is 70.5 Å². The number of hydrogen-bond acceptors (Lipinski definition) is 5. The summed E-state index contributed by atoms with van der Waals surface area (Å²) in [7, 11) is 1.66. The number of benzene rings is 3. The molecule has 2 aliphatic heterocycles. The minimum absolute atomic E-state index is 0.0790. The lowest BCUT2D eigenvalue weighted by molar-refractivity contribution is 0.267. The number of amidine groups is 1. The van der Waals surface area contributed by atoms with Crippen molar-refractivity contribution in [2.75, 3.05) is 7.11 Å². The van der Waals surface area contributed by atoms with Gasteiger partial charge in [0.25, 0.3) is 0 Å². The van der Waals surface area contributed by atoms with E-state index < -0.39 is 0 Å². The number of nitrogens with zero attached hydrogens (tertiary/aromatic N) is 3. The van der Waals surface area contributed by atoms with Crippen LogP contribution in [-0.2, 0) is 0 Å². The normalized spacial score (nSPS) is 19.1. The Hall–Kier alpha value is -3.16. The van der Waals surface area contributed by atoms with Crippen molar-refractivity contribution in [1.82, 2.24) is 5.01 Å². The Bertz CT molecular complexity index is 1270. The van der Waals surface area contributed by atoms with Gasteiger partial charge in [-0.05, 0) is 58.8 Å². The van der Waals surface area contributed by atoms with Crippen LogP contribution in [0.3, 0.4) is 0 Å². The van der Waals surface area contributed by atoms with Gasteiger partial charge in [-0.25, -0.2) is 5.01 Å². The molecule has 0 N–H and O–H groups in total. The lowest BCUT2D eigenvalue weighted by Gasteiger charge is -2.24. The van der Waals surface area contributed by atoms with E-state index in [1.807, 2.05) is 77.8 Å². The smallest absolute Gasteiger partial charge is 0.311 e. The number of hydrazone groups is 1. The van der Waals surface area contributed by atoms with Crippen LogP contribution in [0.1, 0.15) is 29.2 Å². The molecule has 3 aromatic carbocycles. The van der Waals surface area contributed by atoms with Gasteiger partial charge in [0.2, 0.25) is 0 Å². The maximum Gasteiger partial charge on any atom is 0.311 e. The lowest BCUT2D eigenvalue weighted by Crippen LogP contribution is -2.26. The highest BCUT2D eigenvalue weighted by Crippen LogP contribution is 2.39. The zero-order valence-electron chi connectivity index (χ0n) is 17.8. The van der Waals surface area contributed by atoms with E-state index in [4.69, 9.17) is 9.84 Å². The van der Waals surface area contributed by atoms with Crippen LogP contribution in [0.15, 0.2) is 98.3 Å². The molecule has 2 aliphatic rings. The Morgan fingerprint density at radius 1 is 1.03 bits per heavy atom. The Kier molecular flexibility index (Phi) is 6.15. The van der Waals surface area contributed by atoms with Crippen molar-refractivity contribution in [2.24, 2.45) is 10.1 Å². The third-order valence-electron chi connectivity index (χ3n) is 5.52. The molecule has 0 saturated carbocycles. The van der Waals surface area contributed by atoms with E-state index in [9.17, 15) is 4.79 Å². The maximum absolute atomic E-state index is 12.4. The Balaban J connectivity index is 1.55. The largest absolute Gasteiger partial charge is 0.497 e. The average molecular weight is 518 g/mol. The molecule has 5 nitrogen and oxygen atoms in total. The van der Waals surface area contributed by atoms with Crippen molar-refractivity contribution < 1.29 is 9.53 Å². The molecule has 1 atom stereocenters. The second-order valence-corrected chi connectivity index (χ2v) is 9.52. The second kappa shape index (κ2) is 9.37. The summed E-state index contributed by atoms with van der Waals surface area (Å²) < 4.78 is 6.33. The number of halogens is 1. The minimum atomic E-state index is -0.231. The molecule has 0 aromatic heterocycles. The summed E-state index contributed by atoms with van der Waals surface area (Å²) in [5.41, 5.74) is 4.11. The van der Waals surface area contributed by atoms with Crippen LogP contribution in [0.4, 0.5) is 4.79 Å². The quantitative estimate of drug-likeness (QED) is 0.377. The topological polar surface area (TPSA) is 54.3 Å². The number of carbonyl (C=O) groups excluding carboxylic acids is 1. The molecule has 2 heterocycles. The number of ether oxygens (including phenoxy) is 1. The number of aliphatic imine (C=N–C) groups is 1. The molecule has 164 valence electrons. The van der Waals surface area contributed by atoms with Gasteiger partial charge in [0.15, 0.2) is 5.84 Å². The van der Waals surface area contributed by atoms with E-state index in [0.717, 1.165) is 49.3 Å². The molecule has 0 saturated heterocycles. The van der Waals surface area contributed by atoms with Gasteiger partial charge in [-0.15, -0.1) is 0 Å². The predicted molar refractivity (Wildman–Crippen MR) is 138 cm³/mol. The number of rotatable bonds is 4. The fraction of sp³-hybridized carbons (Fsp3) is 0.115. The second-order valence-electron chi connectivity index (χ2n) is 7.61. The zero-order chi connectivity index (χ0) is 22.8. The molecule has 0 fully saturated rings. The Morgan fingerprint density at radius 2 is 1.76 bits per heavy atom. The summed E-state index contributed by atoms with van der Waals surface area (Å²) >= 11 is 4.60. The van der Waals surface area contributed by atoms with E-state index in [2.05, 4.69) is 33.1 Å². The number of amides is 1. The van der Waals surface area contributed by atoms with Gasteiger partial charge in [-0.2, -0.15) is 10.1 Å². The Labute approximate surface area is 205 Å². The van der Waals surface area contributed by atoms with Crippen LogP contribution < -0.4 is 4.74 Å². The van der Waals surface area contributed by atoms with Crippen LogP contribution in [-0.4, -0.2) is 28.9 Å². The van der Waals surface area contributed by atoms with Crippen LogP contribution in [0.2, 0.25) is 0 Å². The first-order valence-corrected chi connectivity index (χ1v) is 12.1. The van der Waals surface area contributed by atoms with Crippen molar-refractivity contribution in [1.29, 1.82) is 0 Å². The summed E-state index contributed by atoms with van der Waals surface area (Å²) in [4.78, 5) is 17.5. The number of methoxy groups -OCH3 is 1. The van der Waals surface area contributed by atoms with Crippen LogP contribution in [0.5, 0.6) is 5.75 Å². The van der Waals surface area contributed by atoms with Crippen molar-refractivity contribution in [2.45, 2.75) is 12.5 Å². The molecule has 0 radical (unpaired) electrons. The van der Waals surface area contributed by atoms with Crippen LogP contribution in [0, 0.1) is 0 Å². The lowest BCUT2D eigenvalue weighted by atomic mass is 9.98. The van der Waals surface area contributed by atoms with Gasteiger partial charge in [-0.3, -0.25) is 4.79 Å². The zero-order valence-corrected chi connectivity index (χ0v) is 20.2. The van der Waals surface area contributed by atoms with E-state index >= 15 is 0 Å². The first kappa shape index (κ1) is 21.7. The third kappa shape index (κ3) is 4.65. The van der Waals surface area contributed by atoms with Gasteiger partial charge >= 0.3 is 5.24 Å². The number of hydrogen-bond donors (Lipinski definition) is 0. The van der Waals surface area contributed by atoms with Gasteiger partial charge in [0.05, 0.1) is 23.8 Å². The standard InChI is InChI=1S/C26H20BrN3O2S/c1-32-21-13-9-19(10-14-21)23-16-22(18-5-3-2-4-6-18)29-30(23)25-24(33-26(31)28-25)15-17-7-11-20(27)12-8-17/h2-15,23H,16H2,1H3/b24-15-/t23-/m1/s1. The molecule has 5 rings (SSSR count).